The van der Waals surface area contributed by atoms with Gasteiger partial charge in [0, 0.05) is 11.3 Å². The van der Waals surface area contributed by atoms with E-state index < -0.39 is 35.6 Å². The van der Waals surface area contributed by atoms with Crippen LogP contribution < -0.4 is 0 Å². The minimum absolute atomic E-state index is 0.0684. The zero-order valence-corrected chi connectivity index (χ0v) is 16.0. The van der Waals surface area contributed by atoms with Crippen molar-refractivity contribution in [2.45, 2.75) is 31.2 Å². The van der Waals surface area contributed by atoms with Gasteiger partial charge in [0.1, 0.15) is 14.0 Å². The van der Waals surface area contributed by atoms with Gasteiger partial charge in [-0.25, -0.2) is 0 Å². The molecule has 0 heterocycles. The van der Waals surface area contributed by atoms with E-state index in [1.807, 2.05) is 0 Å². The summed E-state index contributed by atoms with van der Waals surface area (Å²) >= 11 is 56.7. The van der Waals surface area contributed by atoms with E-state index in [1.54, 1.807) is 0 Å². The van der Waals surface area contributed by atoms with E-state index in [-0.39, 0.29) is 11.8 Å². The van der Waals surface area contributed by atoms with Crippen molar-refractivity contribution in [2.24, 2.45) is 16.7 Å². The topological polar surface area (TPSA) is 0 Å². The zero-order chi connectivity index (χ0) is 14.8. The molecule has 0 aromatic carbocycles. The Kier molecular flexibility index (Phi) is 5.30. The highest BCUT2D eigenvalue weighted by atomic mass is 35.5. The molecule has 112 valence electrons. The van der Waals surface area contributed by atoms with Crippen LogP contribution in [0.25, 0.3) is 0 Å². The predicted octanol–water partition coefficient (Wildman–Crippen LogP) is 6.23. The number of rotatable bonds is 3. The standard InChI is InChI=1S/C10H9Cl9/c11-2-8(6(14)15)3-1-9(18,19)10(8,7(16)17)5(13)4(3)12/h3-7H,1-2H2/t3-,4+,5-,8+,10-/m1/s1. The van der Waals surface area contributed by atoms with Gasteiger partial charge in [-0.2, -0.15) is 0 Å². The molecule has 0 aromatic rings. The molecule has 19 heavy (non-hydrogen) atoms. The van der Waals surface area contributed by atoms with E-state index >= 15 is 0 Å². The lowest BCUT2D eigenvalue weighted by Gasteiger charge is -2.50. The second kappa shape index (κ2) is 5.60. The molecule has 0 spiro atoms. The summed E-state index contributed by atoms with van der Waals surface area (Å²) in [4.78, 5) is -1.89. The van der Waals surface area contributed by atoms with Crippen molar-refractivity contribution < 1.29 is 0 Å². The molecule has 2 bridgehead atoms. The summed E-state index contributed by atoms with van der Waals surface area (Å²) in [5, 5.41) is -1.13. The van der Waals surface area contributed by atoms with E-state index in [4.69, 9.17) is 104 Å². The first-order valence-electron chi connectivity index (χ1n) is 5.39. The van der Waals surface area contributed by atoms with Crippen molar-refractivity contribution >= 4 is 104 Å². The average molecular weight is 448 g/mol. The van der Waals surface area contributed by atoms with Crippen molar-refractivity contribution in [3.63, 3.8) is 0 Å². The molecule has 0 N–H and O–H groups in total. The first-order chi connectivity index (χ1) is 8.61. The Balaban J connectivity index is 2.74. The van der Waals surface area contributed by atoms with Gasteiger partial charge in [0.05, 0.1) is 16.2 Å². The summed E-state index contributed by atoms with van der Waals surface area (Å²) in [5.74, 6) is -0.192. The van der Waals surface area contributed by atoms with Crippen LogP contribution in [0.4, 0.5) is 0 Å². The smallest absolute Gasteiger partial charge is 0.126 e. The summed E-state index contributed by atoms with van der Waals surface area (Å²) < 4.78 is -1.29. The minimum Gasteiger partial charge on any atom is -0.126 e. The second-order valence-electron chi connectivity index (χ2n) is 5.01. The predicted molar refractivity (Wildman–Crippen MR) is 88.4 cm³/mol. The molecule has 0 radical (unpaired) electrons. The number of hydrogen-bond acceptors (Lipinski definition) is 0. The normalized spacial score (nSPS) is 48.5. The molecule has 0 nitrogen and oxygen atoms in total. The van der Waals surface area contributed by atoms with Gasteiger partial charge in [-0.1, -0.05) is 0 Å². The van der Waals surface area contributed by atoms with Crippen molar-refractivity contribution in [3.05, 3.63) is 0 Å². The van der Waals surface area contributed by atoms with Crippen LogP contribution in [0.1, 0.15) is 6.42 Å². The first kappa shape index (κ1) is 18.0. The molecule has 2 aliphatic carbocycles. The Morgan fingerprint density at radius 1 is 1.00 bits per heavy atom. The molecule has 0 aliphatic heterocycles. The maximum atomic E-state index is 6.46. The van der Waals surface area contributed by atoms with Gasteiger partial charge < -0.3 is 0 Å². The van der Waals surface area contributed by atoms with E-state index in [2.05, 4.69) is 0 Å². The maximum absolute atomic E-state index is 6.46. The van der Waals surface area contributed by atoms with E-state index in [0.29, 0.717) is 6.42 Å². The molecule has 0 saturated heterocycles. The van der Waals surface area contributed by atoms with Crippen LogP contribution in [0.5, 0.6) is 0 Å². The molecule has 2 aliphatic rings. The molecule has 2 saturated carbocycles. The quantitative estimate of drug-likeness (QED) is 0.450. The van der Waals surface area contributed by atoms with E-state index in [1.165, 1.54) is 0 Å². The lowest BCUT2D eigenvalue weighted by molar-refractivity contribution is 0.137. The highest BCUT2D eigenvalue weighted by molar-refractivity contribution is 6.54. The molecule has 0 amide bonds. The third kappa shape index (κ3) is 1.94. The minimum atomic E-state index is -1.29. The van der Waals surface area contributed by atoms with Crippen LogP contribution in [-0.4, -0.2) is 30.6 Å². The van der Waals surface area contributed by atoms with E-state index in [9.17, 15) is 0 Å². The van der Waals surface area contributed by atoms with Gasteiger partial charge in [-0.15, -0.1) is 104 Å². The monoisotopic (exact) mass is 444 g/mol. The summed E-state index contributed by atoms with van der Waals surface area (Å²) in [7, 11) is 0. The highest BCUT2D eigenvalue weighted by Gasteiger charge is 2.84. The van der Waals surface area contributed by atoms with Gasteiger partial charge in [-0.05, 0) is 12.3 Å². The van der Waals surface area contributed by atoms with Crippen LogP contribution in [0.15, 0.2) is 0 Å². The van der Waals surface area contributed by atoms with Crippen molar-refractivity contribution in [3.8, 4) is 0 Å². The van der Waals surface area contributed by atoms with Crippen LogP contribution in [0.2, 0.25) is 0 Å². The third-order valence-corrected chi connectivity index (χ3v) is 8.71. The highest BCUT2D eigenvalue weighted by Crippen LogP contribution is 2.79. The fourth-order valence-electron chi connectivity index (χ4n) is 3.68. The fraction of sp³-hybridized carbons (Fsp3) is 1.00. The van der Waals surface area contributed by atoms with Crippen LogP contribution in [-0.2, 0) is 0 Å². The van der Waals surface area contributed by atoms with Gasteiger partial charge in [-0.3, -0.25) is 0 Å². The zero-order valence-electron chi connectivity index (χ0n) is 9.20. The summed E-state index contributed by atoms with van der Waals surface area (Å²) in [6.45, 7) is 0. The Morgan fingerprint density at radius 3 is 1.84 bits per heavy atom. The van der Waals surface area contributed by atoms with Crippen LogP contribution >= 0.6 is 104 Å². The third-order valence-electron chi connectivity index (χ3n) is 4.57. The Bertz CT molecular complexity index is 370. The van der Waals surface area contributed by atoms with Gasteiger partial charge in [0.2, 0.25) is 0 Å². The second-order valence-corrected chi connectivity index (χ2v) is 9.92. The lowest BCUT2D eigenvalue weighted by Crippen LogP contribution is -2.58. The summed E-state index contributed by atoms with van der Waals surface area (Å²) in [6.07, 6.45) is 0.339. The largest absolute Gasteiger partial charge is 0.129 e. The Morgan fingerprint density at radius 2 is 1.53 bits per heavy atom. The molecule has 2 fully saturated rings. The Labute approximate surface area is 157 Å². The number of fused-ring (bicyclic) bond motifs is 2. The van der Waals surface area contributed by atoms with Crippen molar-refractivity contribution in [2.75, 3.05) is 5.88 Å². The molecule has 5 atom stereocenters. The maximum Gasteiger partial charge on any atom is 0.129 e. The van der Waals surface area contributed by atoms with Crippen molar-refractivity contribution in [1.82, 2.24) is 0 Å². The molecule has 0 unspecified atom stereocenters. The number of halogens is 9. The SMILES string of the molecule is ClC[C@@]1(C(Cl)Cl)[C@@H]2CC(Cl)(Cl)[C@@]1(C(Cl)Cl)[C@H](Cl)[C@H]2Cl. The first-order valence-corrected chi connectivity index (χ1v) is 9.30. The molecule has 2 rings (SSSR count). The van der Waals surface area contributed by atoms with Gasteiger partial charge >= 0.3 is 0 Å². The molecule has 0 aromatic heterocycles. The van der Waals surface area contributed by atoms with E-state index in [0.717, 1.165) is 0 Å². The van der Waals surface area contributed by atoms with Gasteiger partial charge in [0.25, 0.3) is 0 Å². The average Bonchev–Trinajstić information content (AvgIpc) is 2.62. The molecule has 9 heteroatoms. The molecular formula is C10H9Cl9. The summed E-state index contributed by atoms with van der Waals surface area (Å²) in [5.41, 5.74) is -2.12. The molecular weight excluding hydrogens is 439 g/mol. The van der Waals surface area contributed by atoms with Gasteiger partial charge in [0.15, 0.2) is 0 Å². The summed E-state index contributed by atoms with van der Waals surface area (Å²) in [6, 6.07) is 0. The van der Waals surface area contributed by atoms with Crippen LogP contribution in [0, 0.1) is 16.7 Å². The fourth-order valence-corrected chi connectivity index (χ4v) is 9.10. The van der Waals surface area contributed by atoms with Crippen LogP contribution in [0.3, 0.4) is 0 Å². The van der Waals surface area contributed by atoms with Crippen molar-refractivity contribution in [1.29, 1.82) is 0 Å². The number of hydrogen-bond donors (Lipinski definition) is 0. The lowest BCUT2D eigenvalue weighted by atomic mass is 9.69. The number of alkyl halides is 9. The Hall–Kier alpha value is 2.61.